The fourth-order valence-corrected chi connectivity index (χ4v) is 4.15. The normalized spacial score (nSPS) is 19.6. The van der Waals surface area contributed by atoms with E-state index in [2.05, 4.69) is 21.2 Å². The molecule has 1 aliphatic heterocycles. The smallest absolute Gasteiger partial charge is 0.336 e. The summed E-state index contributed by atoms with van der Waals surface area (Å²) >= 11 is 3.50. The Hall–Kier alpha value is -2.08. The fourth-order valence-electron chi connectivity index (χ4n) is 3.77. The lowest BCUT2D eigenvalue weighted by Gasteiger charge is -2.34. The van der Waals surface area contributed by atoms with Gasteiger partial charge in [0, 0.05) is 33.4 Å². The molecule has 6 heteroatoms. The van der Waals surface area contributed by atoms with Gasteiger partial charge in [-0.25, -0.2) is 4.79 Å². The number of hydrogen-bond acceptors (Lipinski definition) is 5. The summed E-state index contributed by atoms with van der Waals surface area (Å²) in [5.41, 5.74) is 3.57. The second-order valence-electron chi connectivity index (χ2n) is 6.79. The molecule has 0 aromatic heterocycles. The molecule has 0 fully saturated rings. The zero-order valence-corrected chi connectivity index (χ0v) is 17.4. The van der Waals surface area contributed by atoms with Crippen molar-refractivity contribution in [2.75, 3.05) is 13.7 Å². The SMILES string of the molecule is CCCOC(=O)C1=C(C)NC2=C(C(=O)CCC2)[C@@H]1c1cc(Br)ccc1OC. The molecule has 0 bridgehead atoms. The largest absolute Gasteiger partial charge is 0.496 e. The Morgan fingerprint density at radius 3 is 2.81 bits per heavy atom. The summed E-state index contributed by atoms with van der Waals surface area (Å²) in [7, 11) is 1.59. The summed E-state index contributed by atoms with van der Waals surface area (Å²) in [6, 6.07) is 5.65. The average molecular weight is 434 g/mol. The summed E-state index contributed by atoms with van der Waals surface area (Å²) in [5.74, 6) is -0.169. The maximum absolute atomic E-state index is 12.9. The lowest BCUT2D eigenvalue weighted by atomic mass is 9.75. The van der Waals surface area contributed by atoms with E-state index in [0.29, 0.717) is 29.9 Å². The van der Waals surface area contributed by atoms with Gasteiger partial charge in [0.15, 0.2) is 5.78 Å². The third kappa shape index (κ3) is 3.81. The maximum Gasteiger partial charge on any atom is 0.336 e. The van der Waals surface area contributed by atoms with Crippen LogP contribution in [-0.4, -0.2) is 25.5 Å². The van der Waals surface area contributed by atoms with Crippen LogP contribution in [0.4, 0.5) is 0 Å². The Kier molecular flexibility index (Phi) is 6.05. The van der Waals surface area contributed by atoms with Gasteiger partial charge in [-0.05, 0) is 44.4 Å². The van der Waals surface area contributed by atoms with Crippen molar-refractivity contribution in [3.05, 3.63) is 50.8 Å². The van der Waals surface area contributed by atoms with Crippen molar-refractivity contribution in [1.29, 1.82) is 0 Å². The van der Waals surface area contributed by atoms with Crippen LogP contribution in [0.5, 0.6) is 5.75 Å². The monoisotopic (exact) mass is 433 g/mol. The van der Waals surface area contributed by atoms with Crippen LogP contribution in [0.2, 0.25) is 0 Å². The van der Waals surface area contributed by atoms with Crippen LogP contribution in [0.15, 0.2) is 45.2 Å². The molecule has 1 aromatic rings. The molecule has 0 spiro atoms. The number of ether oxygens (including phenoxy) is 2. The summed E-state index contributed by atoms with van der Waals surface area (Å²) in [5, 5.41) is 3.29. The molecule has 3 rings (SSSR count). The highest BCUT2D eigenvalue weighted by Crippen LogP contribution is 2.45. The molecule has 0 unspecified atom stereocenters. The first-order valence-corrected chi connectivity index (χ1v) is 10.0. The zero-order valence-electron chi connectivity index (χ0n) is 15.9. The topological polar surface area (TPSA) is 64.6 Å². The Morgan fingerprint density at radius 2 is 2.11 bits per heavy atom. The van der Waals surface area contributed by atoms with Gasteiger partial charge in [0.05, 0.1) is 25.2 Å². The van der Waals surface area contributed by atoms with Gasteiger partial charge in [-0.1, -0.05) is 22.9 Å². The molecule has 1 aliphatic carbocycles. The van der Waals surface area contributed by atoms with Gasteiger partial charge in [-0.2, -0.15) is 0 Å². The van der Waals surface area contributed by atoms with Crippen LogP contribution in [-0.2, 0) is 14.3 Å². The van der Waals surface area contributed by atoms with Gasteiger partial charge in [0.2, 0.25) is 0 Å². The Labute approximate surface area is 167 Å². The Morgan fingerprint density at radius 1 is 1.33 bits per heavy atom. The van der Waals surface area contributed by atoms with Crippen molar-refractivity contribution in [3.8, 4) is 5.75 Å². The first-order valence-electron chi connectivity index (χ1n) is 9.22. The van der Waals surface area contributed by atoms with Gasteiger partial charge >= 0.3 is 5.97 Å². The number of rotatable bonds is 5. The van der Waals surface area contributed by atoms with E-state index in [0.717, 1.165) is 40.7 Å². The van der Waals surface area contributed by atoms with E-state index >= 15 is 0 Å². The molecule has 2 aliphatic rings. The molecular weight excluding hydrogens is 410 g/mol. The van der Waals surface area contributed by atoms with E-state index in [1.807, 2.05) is 32.0 Å². The number of esters is 1. The summed E-state index contributed by atoms with van der Waals surface area (Å²) in [4.78, 5) is 25.8. The van der Waals surface area contributed by atoms with Crippen molar-refractivity contribution < 1.29 is 19.1 Å². The van der Waals surface area contributed by atoms with Crippen LogP contribution in [0.25, 0.3) is 0 Å². The number of methoxy groups -OCH3 is 1. The molecule has 1 atom stereocenters. The molecule has 0 saturated heterocycles. The number of Topliss-reactive ketones (excluding diaryl/α,β-unsaturated/α-hetero) is 1. The number of allylic oxidation sites excluding steroid dienone is 3. The van der Waals surface area contributed by atoms with E-state index in [-0.39, 0.29) is 11.8 Å². The van der Waals surface area contributed by atoms with Crippen LogP contribution < -0.4 is 10.1 Å². The molecule has 0 saturated carbocycles. The van der Waals surface area contributed by atoms with Gasteiger partial charge in [-0.3, -0.25) is 4.79 Å². The Bertz CT molecular complexity index is 841. The molecule has 1 N–H and O–H groups in total. The van der Waals surface area contributed by atoms with E-state index in [9.17, 15) is 9.59 Å². The van der Waals surface area contributed by atoms with Gasteiger partial charge in [0.25, 0.3) is 0 Å². The van der Waals surface area contributed by atoms with Crippen LogP contribution in [0.3, 0.4) is 0 Å². The highest BCUT2D eigenvalue weighted by molar-refractivity contribution is 9.10. The van der Waals surface area contributed by atoms with Crippen molar-refractivity contribution in [2.45, 2.75) is 45.4 Å². The molecule has 1 heterocycles. The summed E-state index contributed by atoms with van der Waals surface area (Å²) < 4.78 is 11.9. The highest BCUT2D eigenvalue weighted by Gasteiger charge is 2.40. The predicted octanol–water partition coefficient (Wildman–Crippen LogP) is 4.38. The number of dihydropyridines is 1. The second-order valence-corrected chi connectivity index (χ2v) is 7.70. The quantitative estimate of drug-likeness (QED) is 0.697. The summed E-state index contributed by atoms with van der Waals surface area (Å²) in [6.07, 6.45) is 2.84. The first-order chi connectivity index (χ1) is 13.0. The number of hydrogen-bond donors (Lipinski definition) is 1. The summed E-state index contributed by atoms with van der Waals surface area (Å²) in [6.45, 7) is 4.16. The molecular formula is C21H24BrNO4. The molecule has 5 nitrogen and oxygen atoms in total. The van der Waals surface area contributed by atoms with E-state index in [1.54, 1.807) is 7.11 Å². The number of halogens is 1. The number of carbonyl (C=O) groups excluding carboxylic acids is 2. The third-order valence-corrected chi connectivity index (χ3v) is 5.43. The van der Waals surface area contributed by atoms with Crippen molar-refractivity contribution >= 4 is 27.7 Å². The van der Waals surface area contributed by atoms with Crippen LogP contribution in [0.1, 0.15) is 51.0 Å². The van der Waals surface area contributed by atoms with Crippen LogP contribution >= 0.6 is 15.9 Å². The number of nitrogens with one attached hydrogen (secondary N) is 1. The lowest BCUT2D eigenvalue weighted by molar-refractivity contribution is -0.139. The minimum atomic E-state index is -0.495. The standard InChI is InChI=1S/C21H24BrNO4/c1-4-10-27-21(25)18-12(2)23-15-6-5-7-16(24)20(15)19(18)14-11-13(22)8-9-17(14)26-3/h8-9,11,19,23H,4-7,10H2,1-3H3/t19-/m1/s1. The minimum Gasteiger partial charge on any atom is -0.496 e. The highest BCUT2D eigenvalue weighted by atomic mass is 79.9. The minimum absolute atomic E-state index is 0.0732. The van der Waals surface area contributed by atoms with E-state index in [4.69, 9.17) is 9.47 Å². The van der Waals surface area contributed by atoms with Crippen molar-refractivity contribution in [3.63, 3.8) is 0 Å². The zero-order chi connectivity index (χ0) is 19.6. The van der Waals surface area contributed by atoms with E-state index in [1.165, 1.54) is 0 Å². The number of carbonyl (C=O) groups is 2. The third-order valence-electron chi connectivity index (χ3n) is 4.94. The van der Waals surface area contributed by atoms with Gasteiger partial charge in [0.1, 0.15) is 5.75 Å². The van der Waals surface area contributed by atoms with Gasteiger partial charge in [-0.15, -0.1) is 0 Å². The molecule has 0 radical (unpaired) electrons. The molecule has 144 valence electrons. The lowest BCUT2D eigenvalue weighted by Crippen LogP contribution is -2.34. The molecule has 0 amide bonds. The maximum atomic E-state index is 12.9. The average Bonchev–Trinajstić information content (AvgIpc) is 2.65. The number of ketones is 1. The molecule has 1 aromatic carbocycles. The first kappa shape index (κ1) is 19.7. The van der Waals surface area contributed by atoms with Crippen LogP contribution in [0, 0.1) is 0 Å². The van der Waals surface area contributed by atoms with E-state index < -0.39 is 5.92 Å². The van der Waals surface area contributed by atoms with Crippen molar-refractivity contribution in [1.82, 2.24) is 5.32 Å². The van der Waals surface area contributed by atoms with Crippen molar-refractivity contribution in [2.24, 2.45) is 0 Å². The fraction of sp³-hybridized carbons (Fsp3) is 0.429. The predicted molar refractivity (Wildman–Crippen MR) is 106 cm³/mol. The number of benzene rings is 1. The Balaban J connectivity index is 2.19. The second kappa shape index (κ2) is 8.30. The molecule has 27 heavy (non-hydrogen) atoms. The van der Waals surface area contributed by atoms with Gasteiger partial charge < -0.3 is 14.8 Å².